The molecule has 3 heteroatoms. The molecule has 2 aromatic carbocycles. The van der Waals surface area contributed by atoms with Crippen LogP contribution in [-0.2, 0) is 6.42 Å². The summed E-state index contributed by atoms with van der Waals surface area (Å²) in [6.07, 6.45) is 4.71. The number of hydrogen-bond donors (Lipinski definition) is 1. The Morgan fingerprint density at radius 2 is 2.00 bits per heavy atom. The molecule has 3 rings (SSSR count). The van der Waals surface area contributed by atoms with Crippen LogP contribution in [0.1, 0.15) is 42.0 Å². The van der Waals surface area contributed by atoms with Gasteiger partial charge >= 0.3 is 0 Å². The van der Waals surface area contributed by atoms with Crippen molar-refractivity contribution in [3.63, 3.8) is 0 Å². The monoisotopic (exact) mass is 340 g/mol. The maximum absolute atomic E-state index is 9.31. The number of nitrogens with one attached hydrogen (secondary N) is 1. The molecule has 0 radical (unpaired) electrons. The third-order valence-corrected chi connectivity index (χ3v) is 4.54. The second-order valence-electron chi connectivity index (χ2n) is 5.44. The molecular weight excluding hydrogens is 324 g/mol. The minimum Gasteiger partial charge on any atom is -0.377 e. The summed E-state index contributed by atoms with van der Waals surface area (Å²) in [7, 11) is 0. The van der Waals surface area contributed by atoms with Gasteiger partial charge in [0, 0.05) is 4.47 Å². The lowest BCUT2D eigenvalue weighted by Crippen LogP contribution is -2.12. The number of halogens is 1. The normalized spacial score (nSPS) is 17.4. The molecule has 0 amide bonds. The average molecular weight is 341 g/mol. The van der Waals surface area contributed by atoms with Crippen LogP contribution >= 0.6 is 15.9 Å². The molecule has 2 nitrogen and oxygen atoms in total. The van der Waals surface area contributed by atoms with Crippen molar-refractivity contribution in [1.82, 2.24) is 0 Å². The van der Waals surface area contributed by atoms with Gasteiger partial charge in [-0.2, -0.15) is 5.26 Å². The molecule has 0 fully saturated rings. The Hall–Kier alpha value is -1.79. The quantitative estimate of drug-likeness (QED) is 0.762. The van der Waals surface area contributed by atoms with Crippen LogP contribution in [0.4, 0.5) is 5.69 Å². The summed E-state index contributed by atoms with van der Waals surface area (Å²) >= 11 is 3.42. The SMILES string of the molecule is N#Cc1cc(Br)ccc1NC1CCCCc2ccccc21. The molecule has 0 spiro atoms. The van der Waals surface area contributed by atoms with Crippen molar-refractivity contribution in [3.05, 3.63) is 63.6 Å². The summed E-state index contributed by atoms with van der Waals surface area (Å²) in [6, 6.07) is 17.0. The fourth-order valence-corrected chi connectivity index (χ4v) is 3.35. The standard InChI is InChI=1S/C18H17BrN2/c19-15-9-10-17(14(11-15)12-20)21-18-8-4-2-6-13-5-1-3-7-16(13)18/h1,3,5,7,9-11,18,21H,2,4,6,8H2. The van der Waals surface area contributed by atoms with E-state index in [9.17, 15) is 5.26 Å². The second-order valence-corrected chi connectivity index (χ2v) is 6.36. The summed E-state index contributed by atoms with van der Waals surface area (Å²) in [5, 5.41) is 12.9. The molecule has 1 N–H and O–H groups in total. The summed E-state index contributed by atoms with van der Waals surface area (Å²) in [4.78, 5) is 0. The minimum atomic E-state index is 0.289. The van der Waals surface area contributed by atoms with Crippen molar-refractivity contribution in [3.8, 4) is 6.07 Å². The highest BCUT2D eigenvalue weighted by molar-refractivity contribution is 9.10. The van der Waals surface area contributed by atoms with Gasteiger partial charge < -0.3 is 5.32 Å². The zero-order valence-corrected chi connectivity index (χ0v) is 13.4. The van der Waals surface area contributed by atoms with E-state index in [1.54, 1.807) is 0 Å². The van der Waals surface area contributed by atoms with Crippen molar-refractivity contribution in [2.45, 2.75) is 31.7 Å². The second kappa shape index (κ2) is 6.32. The summed E-state index contributed by atoms with van der Waals surface area (Å²) in [6.45, 7) is 0. The Balaban J connectivity index is 1.93. The molecule has 1 unspecified atom stereocenters. The molecule has 1 atom stereocenters. The van der Waals surface area contributed by atoms with Crippen LogP contribution in [0.2, 0.25) is 0 Å². The third-order valence-electron chi connectivity index (χ3n) is 4.05. The fraction of sp³-hybridized carbons (Fsp3) is 0.278. The van der Waals surface area contributed by atoms with E-state index in [2.05, 4.69) is 51.6 Å². The Morgan fingerprint density at radius 1 is 1.14 bits per heavy atom. The summed E-state index contributed by atoms with van der Waals surface area (Å²) < 4.78 is 0.936. The van der Waals surface area contributed by atoms with Crippen molar-refractivity contribution in [1.29, 1.82) is 5.26 Å². The van der Waals surface area contributed by atoms with Gasteiger partial charge in [-0.15, -0.1) is 0 Å². The van der Waals surface area contributed by atoms with Crippen LogP contribution in [0.3, 0.4) is 0 Å². The minimum absolute atomic E-state index is 0.289. The first-order valence-corrected chi connectivity index (χ1v) is 8.11. The van der Waals surface area contributed by atoms with Gasteiger partial charge in [0.25, 0.3) is 0 Å². The number of fused-ring (bicyclic) bond motifs is 1. The van der Waals surface area contributed by atoms with Crippen molar-refractivity contribution in [2.24, 2.45) is 0 Å². The van der Waals surface area contributed by atoms with Crippen LogP contribution in [0.25, 0.3) is 0 Å². The lowest BCUT2D eigenvalue weighted by molar-refractivity contribution is 0.644. The Bertz CT molecular complexity index is 688. The molecule has 2 aromatic rings. The highest BCUT2D eigenvalue weighted by atomic mass is 79.9. The smallest absolute Gasteiger partial charge is 0.101 e. The number of anilines is 1. The number of rotatable bonds is 2. The highest BCUT2D eigenvalue weighted by Crippen LogP contribution is 2.32. The topological polar surface area (TPSA) is 35.8 Å². The predicted molar refractivity (Wildman–Crippen MR) is 89.2 cm³/mol. The van der Waals surface area contributed by atoms with E-state index >= 15 is 0 Å². The van der Waals surface area contributed by atoms with Gasteiger partial charge in [0.05, 0.1) is 17.3 Å². The van der Waals surface area contributed by atoms with Crippen molar-refractivity contribution in [2.75, 3.05) is 5.32 Å². The number of aryl methyl sites for hydroxylation is 1. The zero-order chi connectivity index (χ0) is 14.7. The van der Waals surface area contributed by atoms with Crippen LogP contribution < -0.4 is 5.32 Å². The van der Waals surface area contributed by atoms with Gasteiger partial charge in [0.1, 0.15) is 6.07 Å². The molecule has 106 valence electrons. The average Bonchev–Trinajstić information content (AvgIpc) is 2.71. The molecule has 0 aliphatic heterocycles. The van der Waals surface area contributed by atoms with Gasteiger partial charge in [-0.05, 0) is 48.6 Å². The molecule has 0 saturated carbocycles. The predicted octanol–water partition coefficient (Wildman–Crippen LogP) is 5.20. The highest BCUT2D eigenvalue weighted by Gasteiger charge is 2.19. The lowest BCUT2D eigenvalue weighted by atomic mass is 9.98. The largest absolute Gasteiger partial charge is 0.377 e. The zero-order valence-electron chi connectivity index (χ0n) is 11.8. The molecule has 21 heavy (non-hydrogen) atoms. The van der Waals surface area contributed by atoms with Crippen LogP contribution in [-0.4, -0.2) is 0 Å². The Morgan fingerprint density at radius 3 is 2.86 bits per heavy atom. The number of benzene rings is 2. The molecule has 0 bridgehead atoms. The summed E-state index contributed by atoms with van der Waals surface area (Å²) in [5.74, 6) is 0. The molecular formula is C18H17BrN2. The van der Waals surface area contributed by atoms with Crippen LogP contribution in [0.5, 0.6) is 0 Å². The molecule has 0 heterocycles. The molecule has 0 saturated heterocycles. The Labute approximate surface area is 133 Å². The Kier molecular flexibility index (Phi) is 4.26. The van der Waals surface area contributed by atoms with Gasteiger partial charge in [-0.3, -0.25) is 0 Å². The van der Waals surface area contributed by atoms with E-state index in [4.69, 9.17) is 0 Å². The molecule has 0 aromatic heterocycles. The maximum Gasteiger partial charge on any atom is 0.101 e. The van der Waals surface area contributed by atoms with Gasteiger partial charge in [0.2, 0.25) is 0 Å². The molecule has 1 aliphatic carbocycles. The fourth-order valence-electron chi connectivity index (χ4n) is 2.99. The van der Waals surface area contributed by atoms with Crippen LogP contribution in [0.15, 0.2) is 46.9 Å². The van der Waals surface area contributed by atoms with Crippen molar-refractivity contribution >= 4 is 21.6 Å². The first kappa shape index (κ1) is 14.2. The summed E-state index contributed by atoms with van der Waals surface area (Å²) in [5.41, 5.74) is 4.42. The first-order valence-electron chi connectivity index (χ1n) is 7.32. The van der Waals surface area contributed by atoms with E-state index in [1.807, 2.05) is 18.2 Å². The lowest BCUT2D eigenvalue weighted by Gasteiger charge is -2.21. The third kappa shape index (κ3) is 3.11. The van der Waals surface area contributed by atoms with E-state index in [1.165, 1.54) is 24.0 Å². The molecule has 1 aliphatic rings. The van der Waals surface area contributed by atoms with E-state index in [0.29, 0.717) is 5.56 Å². The number of nitrogens with zero attached hydrogens (tertiary/aromatic N) is 1. The van der Waals surface area contributed by atoms with Crippen molar-refractivity contribution < 1.29 is 0 Å². The van der Waals surface area contributed by atoms with Gasteiger partial charge in [0.15, 0.2) is 0 Å². The number of hydrogen-bond acceptors (Lipinski definition) is 2. The maximum atomic E-state index is 9.31. The van der Waals surface area contributed by atoms with E-state index in [-0.39, 0.29) is 6.04 Å². The van der Waals surface area contributed by atoms with Crippen LogP contribution in [0, 0.1) is 11.3 Å². The first-order chi connectivity index (χ1) is 10.3. The van der Waals surface area contributed by atoms with E-state index < -0.39 is 0 Å². The van der Waals surface area contributed by atoms with E-state index in [0.717, 1.165) is 23.0 Å². The van der Waals surface area contributed by atoms with Gasteiger partial charge in [-0.25, -0.2) is 0 Å². The number of nitriles is 1. The van der Waals surface area contributed by atoms with Gasteiger partial charge in [-0.1, -0.05) is 46.6 Å².